The molecule has 0 spiro atoms. The van der Waals surface area contributed by atoms with E-state index in [4.69, 9.17) is 21.1 Å². The predicted molar refractivity (Wildman–Crippen MR) is 173 cm³/mol. The van der Waals surface area contributed by atoms with Crippen LogP contribution in [0.4, 0.5) is 0 Å². The summed E-state index contributed by atoms with van der Waals surface area (Å²) in [4.78, 5) is 53.5. The van der Waals surface area contributed by atoms with Gasteiger partial charge < -0.3 is 20.1 Å². The summed E-state index contributed by atoms with van der Waals surface area (Å²) in [5.41, 5.74) is 2.12. The van der Waals surface area contributed by atoms with Gasteiger partial charge in [0.25, 0.3) is 27.7 Å². The normalized spacial score (nSPS) is 10.9. The lowest BCUT2D eigenvalue weighted by Crippen LogP contribution is -2.31. The zero-order chi connectivity index (χ0) is 34.0. The Labute approximate surface area is 276 Å². The first-order valence-corrected chi connectivity index (χ1v) is 16.1. The van der Waals surface area contributed by atoms with Gasteiger partial charge in [0.15, 0.2) is 0 Å². The number of hydrogen-bond acceptors (Lipinski definition) is 9. The number of nitrogens with one attached hydrogen (secondary N) is 3. The van der Waals surface area contributed by atoms with Gasteiger partial charge in [0.05, 0.1) is 40.3 Å². The van der Waals surface area contributed by atoms with Gasteiger partial charge in [0.1, 0.15) is 18.1 Å². The van der Waals surface area contributed by atoms with Crippen LogP contribution in [-0.4, -0.2) is 63.9 Å². The quantitative estimate of drug-likeness (QED) is 0.141. The van der Waals surface area contributed by atoms with E-state index in [9.17, 15) is 27.6 Å². The van der Waals surface area contributed by atoms with E-state index in [1.807, 2.05) is 10.8 Å². The maximum absolute atomic E-state index is 12.8. The number of sulfonamides is 1. The molecule has 0 fully saturated rings. The number of benzene rings is 3. The molecule has 244 valence electrons. The molecule has 0 atom stereocenters. The van der Waals surface area contributed by atoms with Crippen LogP contribution in [0.25, 0.3) is 0 Å². The Bertz CT molecular complexity index is 1880. The Hall–Kier alpha value is -5.27. The summed E-state index contributed by atoms with van der Waals surface area (Å²) < 4.78 is 37.9. The van der Waals surface area contributed by atoms with Crippen molar-refractivity contribution in [3.63, 3.8) is 0 Å². The van der Waals surface area contributed by atoms with Crippen LogP contribution in [0.5, 0.6) is 5.75 Å². The van der Waals surface area contributed by atoms with Crippen molar-refractivity contribution in [2.24, 2.45) is 0 Å². The van der Waals surface area contributed by atoms with E-state index in [0.29, 0.717) is 17.7 Å². The van der Waals surface area contributed by atoms with Crippen LogP contribution in [-0.2, 0) is 21.2 Å². The first-order valence-electron chi connectivity index (χ1n) is 14.2. The van der Waals surface area contributed by atoms with Crippen molar-refractivity contribution < 1.29 is 37.1 Å². The number of hydrogen-bond donors (Lipinski definition) is 3. The molecule has 0 bridgehead atoms. The number of rotatable bonds is 13. The first-order chi connectivity index (χ1) is 22.5. The van der Waals surface area contributed by atoms with Crippen molar-refractivity contribution in [2.45, 2.75) is 18.2 Å². The minimum atomic E-state index is -4.22. The number of methoxy groups -OCH3 is 1. The molecule has 0 saturated heterocycles. The predicted octanol–water partition coefficient (Wildman–Crippen LogP) is 3.73. The van der Waals surface area contributed by atoms with Crippen molar-refractivity contribution >= 4 is 45.3 Å². The molecule has 3 aromatic carbocycles. The molecular weight excluding hydrogens is 648 g/mol. The molecule has 4 rings (SSSR count). The van der Waals surface area contributed by atoms with Crippen molar-refractivity contribution in [2.75, 3.05) is 26.8 Å². The number of halogens is 1. The molecule has 1 aromatic heterocycles. The van der Waals surface area contributed by atoms with Gasteiger partial charge in [0.2, 0.25) is 0 Å². The van der Waals surface area contributed by atoms with Crippen LogP contribution in [0.1, 0.15) is 52.7 Å². The van der Waals surface area contributed by atoms with Crippen LogP contribution in [0.15, 0.2) is 90.0 Å². The third-order valence-corrected chi connectivity index (χ3v) is 8.50. The van der Waals surface area contributed by atoms with Crippen LogP contribution >= 0.6 is 11.6 Å². The van der Waals surface area contributed by atoms with E-state index in [1.165, 1.54) is 37.4 Å². The molecule has 3 N–H and O–H groups in total. The van der Waals surface area contributed by atoms with E-state index in [-0.39, 0.29) is 52.3 Å². The average Bonchev–Trinajstić information content (AvgIpc) is 3.07. The third kappa shape index (κ3) is 9.37. The highest BCUT2D eigenvalue weighted by Crippen LogP contribution is 2.22. The fourth-order valence-corrected chi connectivity index (χ4v) is 5.41. The fraction of sp³-hybridized carbons (Fsp3) is 0.182. The number of carbonyl (C=O) groups excluding carboxylic acids is 4. The standard InChI is InChI=1S/C33H31ClN4O8S/c1-21-5-3-4-6-26(21)33(42)46-18-17-36-32(41)29-14-9-23(20-37-29)30(39)38-47(43,44)25-11-7-22(8-12-25)15-16-35-31(40)27-19-24(45-2)10-13-28(27)34/h3-14,19-20H,15-18H2,1-2H3,(H,35,40)(H,36,41)(H,38,39). The number of nitrogens with zero attached hydrogens (tertiary/aromatic N) is 1. The van der Waals surface area contributed by atoms with Gasteiger partial charge in [-0.2, -0.15) is 0 Å². The van der Waals surface area contributed by atoms with Gasteiger partial charge >= 0.3 is 5.97 Å². The smallest absolute Gasteiger partial charge is 0.338 e. The summed E-state index contributed by atoms with van der Waals surface area (Å²) in [6.45, 7) is 2.02. The van der Waals surface area contributed by atoms with E-state index in [0.717, 1.165) is 17.3 Å². The number of amides is 3. The van der Waals surface area contributed by atoms with E-state index >= 15 is 0 Å². The molecule has 0 unspecified atom stereocenters. The number of aryl methyl sites for hydroxylation is 1. The van der Waals surface area contributed by atoms with Gasteiger partial charge in [-0.15, -0.1) is 0 Å². The Kier molecular flexibility index (Phi) is 11.7. The lowest BCUT2D eigenvalue weighted by molar-refractivity contribution is 0.0502. The largest absolute Gasteiger partial charge is 0.497 e. The minimum Gasteiger partial charge on any atom is -0.497 e. The lowest BCUT2D eigenvalue weighted by atomic mass is 10.1. The van der Waals surface area contributed by atoms with E-state index < -0.39 is 27.8 Å². The number of aromatic nitrogens is 1. The zero-order valence-electron chi connectivity index (χ0n) is 25.4. The topological polar surface area (TPSA) is 170 Å². The van der Waals surface area contributed by atoms with Crippen molar-refractivity contribution in [3.05, 3.63) is 124 Å². The average molecular weight is 679 g/mol. The molecule has 4 aromatic rings. The van der Waals surface area contributed by atoms with E-state index in [2.05, 4.69) is 15.6 Å². The molecule has 3 amide bonds. The van der Waals surface area contributed by atoms with Crippen LogP contribution < -0.4 is 20.1 Å². The molecule has 0 aliphatic carbocycles. The monoisotopic (exact) mass is 678 g/mol. The Morgan fingerprint density at radius 2 is 1.55 bits per heavy atom. The summed E-state index contributed by atoms with van der Waals surface area (Å²) in [6.07, 6.45) is 1.48. The van der Waals surface area contributed by atoms with Gasteiger partial charge in [-0.05, 0) is 73.0 Å². The molecule has 14 heteroatoms. The molecular formula is C33H31ClN4O8S. The van der Waals surface area contributed by atoms with Crippen LogP contribution in [0.3, 0.4) is 0 Å². The molecule has 47 heavy (non-hydrogen) atoms. The maximum atomic E-state index is 12.8. The Balaban J connectivity index is 1.23. The third-order valence-electron chi connectivity index (χ3n) is 6.82. The van der Waals surface area contributed by atoms with Gasteiger partial charge in [-0.1, -0.05) is 41.9 Å². The second-order valence-corrected chi connectivity index (χ2v) is 12.2. The van der Waals surface area contributed by atoms with E-state index in [1.54, 1.807) is 49.4 Å². The van der Waals surface area contributed by atoms with Crippen molar-refractivity contribution in [3.8, 4) is 5.75 Å². The first kappa shape index (κ1) is 34.6. The summed E-state index contributed by atoms with van der Waals surface area (Å²) >= 11 is 6.11. The highest BCUT2D eigenvalue weighted by Gasteiger charge is 2.20. The molecule has 0 aliphatic heterocycles. The molecule has 1 heterocycles. The molecule has 12 nitrogen and oxygen atoms in total. The number of esters is 1. The Morgan fingerprint density at radius 3 is 2.23 bits per heavy atom. The zero-order valence-corrected chi connectivity index (χ0v) is 27.0. The number of ether oxygens (including phenoxy) is 2. The number of pyridine rings is 1. The summed E-state index contributed by atoms with van der Waals surface area (Å²) in [5.74, 6) is -1.90. The van der Waals surface area contributed by atoms with Crippen molar-refractivity contribution in [1.29, 1.82) is 0 Å². The molecule has 0 aliphatic rings. The fourth-order valence-electron chi connectivity index (χ4n) is 4.24. The second-order valence-electron chi connectivity index (χ2n) is 10.1. The highest BCUT2D eigenvalue weighted by atomic mass is 35.5. The molecule has 0 radical (unpaired) electrons. The second kappa shape index (κ2) is 15.8. The number of carbonyl (C=O) groups is 4. The van der Waals surface area contributed by atoms with Crippen molar-refractivity contribution in [1.82, 2.24) is 20.3 Å². The Morgan fingerprint density at radius 1 is 0.830 bits per heavy atom. The molecule has 0 saturated carbocycles. The van der Waals surface area contributed by atoms with Gasteiger partial charge in [0, 0.05) is 12.7 Å². The highest BCUT2D eigenvalue weighted by molar-refractivity contribution is 7.90. The minimum absolute atomic E-state index is 0.0204. The van der Waals surface area contributed by atoms with Crippen LogP contribution in [0, 0.1) is 6.92 Å². The summed E-state index contributed by atoms with van der Waals surface area (Å²) in [7, 11) is -2.74. The summed E-state index contributed by atoms with van der Waals surface area (Å²) in [5, 5.41) is 5.60. The van der Waals surface area contributed by atoms with Crippen LogP contribution in [0.2, 0.25) is 5.02 Å². The maximum Gasteiger partial charge on any atom is 0.338 e. The van der Waals surface area contributed by atoms with Gasteiger partial charge in [-0.25, -0.2) is 17.9 Å². The lowest BCUT2D eigenvalue weighted by Gasteiger charge is -2.10. The summed E-state index contributed by atoms with van der Waals surface area (Å²) in [6, 6.07) is 20.1. The SMILES string of the molecule is COc1ccc(Cl)c(C(=O)NCCc2ccc(S(=O)(=O)NC(=O)c3ccc(C(=O)NCCOC(=O)c4ccccc4C)nc3)cc2)c1. The van der Waals surface area contributed by atoms with Gasteiger partial charge in [-0.3, -0.25) is 19.4 Å².